The third kappa shape index (κ3) is 7.09. The van der Waals surface area contributed by atoms with E-state index in [4.69, 9.17) is 4.74 Å². The summed E-state index contributed by atoms with van der Waals surface area (Å²) in [6.07, 6.45) is 2.92. The molecule has 0 spiro atoms. The summed E-state index contributed by atoms with van der Waals surface area (Å²) in [6.45, 7) is 11.7. The lowest BCUT2D eigenvalue weighted by Crippen LogP contribution is -2.42. The molecule has 3 rings (SSSR count). The molecule has 2 aromatic carbocycles. The Labute approximate surface area is 214 Å². The number of carbonyl (C=O) groups is 3. The molecule has 2 amide bonds. The number of aromatic carboxylic acids is 1. The molecule has 1 aliphatic carbocycles. The number of aryl methyl sites for hydroxylation is 3. The molecule has 0 saturated heterocycles. The van der Waals surface area contributed by atoms with E-state index in [1.165, 1.54) is 0 Å². The van der Waals surface area contributed by atoms with E-state index in [9.17, 15) is 19.5 Å². The zero-order chi connectivity index (χ0) is 27.0. The van der Waals surface area contributed by atoms with Crippen molar-refractivity contribution in [3.05, 3.63) is 58.1 Å². The van der Waals surface area contributed by atoms with E-state index >= 15 is 0 Å². The van der Waals surface area contributed by atoms with E-state index in [-0.39, 0.29) is 29.3 Å². The van der Waals surface area contributed by atoms with Crippen LogP contribution in [0.5, 0.6) is 5.75 Å². The molecule has 0 bridgehead atoms. The number of nitrogens with zero attached hydrogens (tertiary/aromatic N) is 1. The first-order valence-corrected chi connectivity index (χ1v) is 12.7. The highest BCUT2D eigenvalue weighted by atomic mass is 16.5. The van der Waals surface area contributed by atoms with Crippen molar-refractivity contribution in [2.45, 2.75) is 79.8 Å². The Balaban J connectivity index is 0.00000222. The van der Waals surface area contributed by atoms with Crippen molar-refractivity contribution in [1.29, 1.82) is 0 Å². The average molecular weight is 497 g/mol. The number of benzene rings is 2. The van der Waals surface area contributed by atoms with Crippen LogP contribution < -0.4 is 10.1 Å². The number of nitrogens with one attached hydrogen (secondary N) is 1. The number of amides is 2. The van der Waals surface area contributed by atoms with Gasteiger partial charge in [0.1, 0.15) is 5.75 Å². The van der Waals surface area contributed by atoms with E-state index in [0.29, 0.717) is 19.4 Å². The van der Waals surface area contributed by atoms with Crippen molar-refractivity contribution in [3.8, 4) is 5.75 Å². The third-order valence-corrected chi connectivity index (χ3v) is 6.86. The number of carbonyl (C=O) groups excluding carboxylic acids is 2. The first-order valence-electron chi connectivity index (χ1n) is 12.7. The zero-order valence-electron chi connectivity index (χ0n) is 22.6. The molecule has 7 heteroatoms. The molecule has 1 aliphatic rings. The number of carboxylic acid groups (broad SMARTS) is 1. The minimum Gasteiger partial charge on any atom is -0.496 e. The van der Waals surface area contributed by atoms with Gasteiger partial charge in [0, 0.05) is 37.2 Å². The van der Waals surface area contributed by atoms with Crippen molar-refractivity contribution in [2.24, 2.45) is 5.92 Å². The molecule has 2 aromatic rings. The predicted octanol–water partition coefficient (Wildman–Crippen LogP) is 5.89. The van der Waals surface area contributed by atoms with Gasteiger partial charge in [-0.2, -0.15) is 0 Å². The molecule has 2 N–H and O–H groups in total. The molecule has 0 radical (unpaired) electrons. The Morgan fingerprint density at radius 2 is 1.56 bits per heavy atom. The fourth-order valence-electron chi connectivity index (χ4n) is 4.83. The van der Waals surface area contributed by atoms with Crippen LogP contribution in [0.4, 0.5) is 5.69 Å². The maximum atomic E-state index is 12.8. The van der Waals surface area contributed by atoms with Crippen LogP contribution in [-0.2, 0) is 16.1 Å². The van der Waals surface area contributed by atoms with E-state index in [1.54, 1.807) is 26.2 Å². The van der Waals surface area contributed by atoms with Crippen molar-refractivity contribution in [2.75, 3.05) is 12.4 Å². The molecule has 7 nitrogen and oxygen atoms in total. The number of methoxy groups -OCH3 is 1. The van der Waals surface area contributed by atoms with Crippen molar-refractivity contribution in [1.82, 2.24) is 4.90 Å². The van der Waals surface area contributed by atoms with Gasteiger partial charge in [-0.05, 0) is 86.9 Å². The summed E-state index contributed by atoms with van der Waals surface area (Å²) in [5.41, 5.74) is 4.69. The summed E-state index contributed by atoms with van der Waals surface area (Å²) in [5.74, 6) is -0.339. The van der Waals surface area contributed by atoms with Gasteiger partial charge in [0.05, 0.1) is 12.7 Å². The van der Waals surface area contributed by atoms with E-state index < -0.39 is 5.97 Å². The second-order valence-corrected chi connectivity index (χ2v) is 9.22. The summed E-state index contributed by atoms with van der Waals surface area (Å²) in [4.78, 5) is 38.6. The molecule has 1 saturated carbocycles. The summed E-state index contributed by atoms with van der Waals surface area (Å²) < 4.78 is 5.34. The second-order valence-electron chi connectivity index (χ2n) is 9.22. The minimum absolute atomic E-state index is 0.00493. The molecule has 1 fully saturated rings. The molecule has 196 valence electrons. The number of hydrogen-bond acceptors (Lipinski definition) is 4. The van der Waals surface area contributed by atoms with Crippen LogP contribution in [0, 0.1) is 26.7 Å². The van der Waals surface area contributed by atoms with Crippen LogP contribution in [0.1, 0.15) is 79.1 Å². The van der Waals surface area contributed by atoms with Gasteiger partial charge in [0.15, 0.2) is 0 Å². The molecule has 36 heavy (non-hydrogen) atoms. The van der Waals surface area contributed by atoms with Crippen LogP contribution in [0.3, 0.4) is 0 Å². The lowest BCUT2D eigenvalue weighted by atomic mass is 9.84. The fraction of sp³-hybridized carbons (Fsp3) is 0.483. The topological polar surface area (TPSA) is 95.9 Å². The summed E-state index contributed by atoms with van der Waals surface area (Å²) in [5, 5.41) is 12.3. The quantitative estimate of drug-likeness (QED) is 0.498. The van der Waals surface area contributed by atoms with Crippen LogP contribution in [0.25, 0.3) is 0 Å². The van der Waals surface area contributed by atoms with Crippen LogP contribution in [-0.4, -0.2) is 40.9 Å². The summed E-state index contributed by atoms with van der Waals surface area (Å²) in [6, 6.07) is 8.99. The van der Waals surface area contributed by atoms with Gasteiger partial charge >= 0.3 is 5.97 Å². The Morgan fingerprint density at radius 1 is 0.972 bits per heavy atom. The SMILES string of the molecule is CC.COc1cc(NC(=O)C2CCC(N(Cc3c(C)cc(C(=O)O)cc3C)C(C)=O)CC2)ccc1C. The normalized spacial score (nSPS) is 16.9. The third-order valence-electron chi connectivity index (χ3n) is 6.86. The first-order chi connectivity index (χ1) is 17.1. The second kappa shape index (κ2) is 13.1. The Bertz CT molecular complexity index is 1060. The van der Waals surface area contributed by atoms with Crippen LogP contribution >= 0.6 is 0 Å². The van der Waals surface area contributed by atoms with E-state index in [0.717, 1.165) is 46.5 Å². The van der Waals surface area contributed by atoms with Crippen molar-refractivity contribution in [3.63, 3.8) is 0 Å². The van der Waals surface area contributed by atoms with Gasteiger partial charge in [-0.25, -0.2) is 4.79 Å². The Kier molecular flexibility index (Phi) is 10.5. The highest BCUT2D eigenvalue weighted by Gasteiger charge is 2.31. The number of anilines is 1. The molecule has 0 unspecified atom stereocenters. The maximum absolute atomic E-state index is 12.8. The van der Waals surface area contributed by atoms with Gasteiger partial charge < -0.3 is 20.1 Å². The number of hydrogen-bond donors (Lipinski definition) is 2. The monoisotopic (exact) mass is 496 g/mol. The average Bonchev–Trinajstić information content (AvgIpc) is 2.85. The van der Waals surface area contributed by atoms with E-state index in [2.05, 4.69) is 5.32 Å². The standard InChI is InChI=1S/C27H34N2O5.C2H6/c1-16-6-9-22(14-25(16)34-5)28-26(31)20-7-10-23(11-8-20)29(19(4)30)15-24-17(2)12-21(27(32)33)13-18(24)3;1-2/h6,9,12-14,20,23H,7-8,10-11,15H2,1-5H3,(H,28,31)(H,32,33);1-2H3. The number of carboxylic acids is 1. The summed E-state index contributed by atoms with van der Waals surface area (Å²) >= 11 is 0. The molecular weight excluding hydrogens is 456 g/mol. The number of rotatable bonds is 7. The molecule has 0 heterocycles. The van der Waals surface area contributed by atoms with E-state index in [1.807, 2.05) is 57.7 Å². The molecule has 0 atom stereocenters. The molecule has 0 aliphatic heterocycles. The van der Waals surface area contributed by atoms with Crippen molar-refractivity contribution < 1.29 is 24.2 Å². The lowest BCUT2D eigenvalue weighted by molar-refractivity contribution is -0.133. The smallest absolute Gasteiger partial charge is 0.335 e. The van der Waals surface area contributed by atoms with Crippen LogP contribution in [0.15, 0.2) is 30.3 Å². The zero-order valence-corrected chi connectivity index (χ0v) is 22.6. The fourth-order valence-corrected chi connectivity index (χ4v) is 4.83. The summed E-state index contributed by atoms with van der Waals surface area (Å²) in [7, 11) is 1.61. The number of ether oxygens (including phenoxy) is 1. The van der Waals surface area contributed by atoms with Gasteiger partial charge in [0.25, 0.3) is 0 Å². The van der Waals surface area contributed by atoms with Gasteiger partial charge in [-0.15, -0.1) is 0 Å². The maximum Gasteiger partial charge on any atom is 0.335 e. The van der Waals surface area contributed by atoms with Gasteiger partial charge in [0.2, 0.25) is 11.8 Å². The molecule has 0 aromatic heterocycles. The highest BCUT2D eigenvalue weighted by molar-refractivity contribution is 5.93. The molecular formula is C29H40N2O5. The largest absolute Gasteiger partial charge is 0.496 e. The Morgan fingerprint density at radius 3 is 2.06 bits per heavy atom. The first kappa shape index (κ1) is 28.9. The van der Waals surface area contributed by atoms with Gasteiger partial charge in [-0.3, -0.25) is 9.59 Å². The predicted molar refractivity (Wildman–Crippen MR) is 143 cm³/mol. The van der Waals surface area contributed by atoms with Crippen molar-refractivity contribution >= 4 is 23.5 Å². The van der Waals surface area contributed by atoms with Gasteiger partial charge in [-0.1, -0.05) is 19.9 Å². The highest BCUT2D eigenvalue weighted by Crippen LogP contribution is 2.31. The minimum atomic E-state index is -0.957. The lowest BCUT2D eigenvalue weighted by Gasteiger charge is -2.36. The van der Waals surface area contributed by atoms with Crippen LogP contribution in [0.2, 0.25) is 0 Å². The Hall–Kier alpha value is -3.35.